The number of aryl methyl sites for hydroxylation is 1. The first-order chi connectivity index (χ1) is 21.0. The molecule has 3 fully saturated rings. The van der Waals surface area contributed by atoms with Gasteiger partial charge >= 0.3 is 6.18 Å². The van der Waals surface area contributed by atoms with Crippen LogP contribution in [-0.4, -0.2) is 79.1 Å². The van der Waals surface area contributed by atoms with E-state index >= 15 is 0 Å². The standard InChI is InChI=1S/C30H34F3N5O4S2/c1-2-18-12-19(38-17-20-13-21(38)16-37(20)8-3-9-39)4-5-23(18)35-28-34-15-22(30(31,32)33)26(36-28)24-14-25-27(43-24)29(6-7-29)42-10-11-44(25,40)41/h4-5,12,14-15,20-21,39H,2-3,6-11,13,16-17H2,1H3,(H,34,35,36)/t20-,21-/m1/s1. The molecule has 1 saturated carbocycles. The van der Waals surface area contributed by atoms with E-state index in [4.69, 9.17) is 4.74 Å². The first kappa shape index (κ1) is 29.9. The van der Waals surface area contributed by atoms with Crippen LogP contribution in [0.1, 0.15) is 48.6 Å². The number of rotatable bonds is 8. The number of halogens is 3. The van der Waals surface area contributed by atoms with Gasteiger partial charge < -0.3 is 20.1 Å². The molecular weight excluding hydrogens is 615 g/mol. The van der Waals surface area contributed by atoms with E-state index in [2.05, 4.69) is 31.2 Å². The molecule has 1 aromatic carbocycles. The lowest BCUT2D eigenvalue weighted by Gasteiger charge is -2.36. The second kappa shape index (κ2) is 10.9. The molecule has 5 heterocycles. The lowest BCUT2D eigenvalue weighted by Crippen LogP contribution is -2.46. The number of benzene rings is 1. The largest absolute Gasteiger partial charge is 0.420 e. The van der Waals surface area contributed by atoms with Gasteiger partial charge in [0.2, 0.25) is 5.95 Å². The molecule has 2 aromatic heterocycles. The van der Waals surface area contributed by atoms with E-state index < -0.39 is 27.2 Å². The smallest absolute Gasteiger partial charge is 0.396 e. The molecule has 0 unspecified atom stereocenters. The number of alkyl halides is 3. The summed E-state index contributed by atoms with van der Waals surface area (Å²) in [5, 5.41) is 12.3. The molecule has 2 atom stereocenters. The van der Waals surface area contributed by atoms with Crippen LogP contribution in [0.15, 0.2) is 35.4 Å². The van der Waals surface area contributed by atoms with Crippen molar-refractivity contribution in [2.75, 3.05) is 48.8 Å². The van der Waals surface area contributed by atoms with Crippen LogP contribution >= 0.6 is 11.3 Å². The van der Waals surface area contributed by atoms with Gasteiger partial charge in [-0.1, -0.05) is 6.92 Å². The Kier molecular flexibility index (Phi) is 7.43. The maximum absolute atomic E-state index is 14.2. The minimum Gasteiger partial charge on any atom is -0.396 e. The third-order valence-electron chi connectivity index (χ3n) is 9.21. The van der Waals surface area contributed by atoms with Gasteiger partial charge in [0.05, 0.1) is 32.7 Å². The zero-order valence-electron chi connectivity index (χ0n) is 24.2. The molecule has 14 heteroatoms. The summed E-state index contributed by atoms with van der Waals surface area (Å²) in [6.07, 6.45) is -0.149. The molecule has 2 N–H and O–H groups in total. The summed E-state index contributed by atoms with van der Waals surface area (Å²) in [7, 11) is -3.71. The Morgan fingerprint density at radius 3 is 2.70 bits per heavy atom. The topological polar surface area (TPSA) is 108 Å². The van der Waals surface area contributed by atoms with Crippen molar-refractivity contribution in [2.45, 2.75) is 67.8 Å². The number of thiophene rings is 1. The molecular formula is C30H34F3N5O4S2. The summed E-state index contributed by atoms with van der Waals surface area (Å²) in [6.45, 7) is 5.07. The number of hydrogen-bond donors (Lipinski definition) is 2. The third kappa shape index (κ3) is 5.27. The van der Waals surface area contributed by atoms with Gasteiger partial charge in [-0.05, 0) is 61.9 Å². The SMILES string of the molecule is CCc1cc(N2C[C@H]3C[C@@H]2CN3CCCO)ccc1Nc1ncc(C(F)(F)F)c(-c2cc3c(s2)C2(CC2)OCCS3(=O)=O)n1. The lowest BCUT2D eigenvalue weighted by atomic mass is 10.1. The normalized spacial score (nSPS) is 23.6. The summed E-state index contributed by atoms with van der Waals surface area (Å²) in [4.78, 5) is 13.8. The van der Waals surface area contributed by atoms with E-state index in [0.29, 0.717) is 41.9 Å². The van der Waals surface area contributed by atoms with Gasteiger partial charge in [0.1, 0.15) is 11.2 Å². The first-order valence-corrected chi connectivity index (χ1v) is 17.5. The predicted octanol–water partition coefficient (Wildman–Crippen LogP) is 4.97. The zero-order chi connectivity index (χ0) is 30.9. The minimum atomic E-state index is -4.74. The van der Waals surface area contributed by atoms with Crippen LogP contribution in [0.5, 0.6) is 0 Å². The van der Waals surface area contributed by atoms with Crippen LogP contribution in [-0.2, 0) is 32.8 Å². The average Bonchev–Trinajstić information content (AvgIpc) is 3.32. The number of piperazine rings is 1. The second-order valence-electron chi connectivity index (χ2n) is 12.0. The lowest BCUT2D eigenvalue weighted by molar-refractivity contribution is -0.137. The quantitative estimate of drug-likeness (QED) is 0.350. The molecule has 3 aromatic rings. The molecule has 4 aliphatic rings. The molecule has 236 valence electrons. The van der Waals surface area contributed by atoms with Crippen LogP contribution < -0.4 is 10.2 Å². The average molecular weight is 650 g/mol. The Balaban J connectivity index is 1.18. The van der Waals surface area contributed by atoms with Crippen LogP contribution in [0.4, 0.5) is 30.5 Å². The molecule has 7 rings (SSSR count). The maximum Gasteiger partial charge on any atom is 0.420 e. The Morgan fingerprint density at radius 1 is 1.20 bits per heavy atom. The van der Waals surface area contributed by atoms with Crippen molar-refractivity contribution in [1.29, 1.82) is 0 Å². The number of fused-ring (bicyclic) bond motifs is 4. The molecule has 3 aliphatic heterocycles. The van der Waals surface area contributed by atoms with Crippen molar-refractivity contribution in [1.82, 2.24) is 14.9 Å². The number of aliphatic hydroxyl groups excluding tert-OH is 1. The number of ether oxygens (including phenoxy) is 1. The molecule has 2 saturated heterocycles. The van der Waals surface area contributed by atoms with Gasteiger partial charge in [0.15, 0.2) is 9.84 Å². The van der Waals surface area contributed by atoms with Crippen LogP contribution in [0.2, 0.25) is 0 Å². The van der Waals surface area contributed by atoms with E-state index in [1.165, 1.54) is 6.07 Å². The molecule has 0 amide bonds. The predicted molar refractivity (Wildman–Crippen MR) is 161 cm³/mol. The Labute approximate surface area is 258 Å². The van der Waals surface area contributed by atoms with Crippen LogP contribution in [0, 0.1) is 0 Å². The fourth-order valence-corrected chi connectivity index (χ4v) is 9.92. The Hall–Kier alpha value is -2.78. The number of hydrogen-bond acceptors (Lipinski definition) is 10. The number of aromatic nitrogens is 2. The summed E-state index contributed by atoms with van der Waals surface area (Å²) in [5.74, 6) is -0.212. The molecule has 9 nitrogen and oxygen atoms in total. The Morgan fingerprint density at radius 2 is 2.02 bits per heavy atom. The minimum absolute atomic E-state index is 0.000888. The molecule has 1 spiro atoms. The summed E-state index contributed by atoms with van der Waals surface area (Å²) < 4.78 is 74.3. The highest BCUT2D eigenvalue weighted by Gasteiger charge is 2.52. The second-order valence-corrected chi connectivity index (χ2v) is 15.1. The van der Waals surface area contributed by atoms with Crippen molar-refractivity contribution in [3.8, 4) is 10.6 Å². The Bertz CT molecular complexity index is 1690. The molecule has 2 bridgehead atoms. The van der Waals surface area contributed by atoms with Gasteiger partial charge in [0.25, 0.3) is 0 Å². The van der Waals surface area contributed by atoms with Gasteiger partial charge in [-0.2, -0.15) is 13.2 Å². The highest BCUT2D eigenvalue weighted by atomic mass is 32.2. The molecule has 0 radical (unpaired) electrons. The zero-order valence-corrected chi connectivity index (χ0v) is 25.9. The van der Waals surface area contributed by atoms with Gasteiger partial charge in [-0.15, -0.1) is 11.3 Å². The van der Waals surface area contributed by atoms with Gasteiger partial charge in [0, 0.05) is 55.9 Å². The van der Waals surface area contributed by atoms with E-state index in [-0.39, 0.29) is 40.4 Å². The van der Waals surface area contributed by atoms with E-state index in [9.17, 15) is 26.7 Å². The highest BCUT2D eigenvalue weighted by Crippen LogP contribution is 2.56. The number of likely N-dealkylation sites (tertiary alicyclic amines) is 1. The van der Waals surface area contributed by atoms with Crippen molar-refractivity contribution in [3.05, 3.63) is 46.5 Å². The number of sulfone groups is 1. The van der Waals surface area contributed by atoms with Crippen molar-refractivity contribution in [2.24, 2.45) is 0 Å². The summed E-state index contributed by atoms with van der Waals surface area (Å²) in [6, 6.07) is 8.25. The monoisotopic (exact) mass is 649 g/mol. The summed E-state index contributed by atoms with van der Waals surface area (Å²) >= 11 is 1.01. The van der Waals surface area contributed by atoms with E-state index in [0.717, 1.165) is 61.3 Å². The van der Waals surface area contributed by atoms with Crippen molar-refractivity contribution in [3.63, 3.8) is 0 Å². The summed E-state index contributed by atoms with van der Waals surface area (Å²) in [5.41, 5.74) is 0.671. The number of nitrogens with one attached hydrogen (secondary N) is 1. The van der Waals surface area contributed by atoms with E-state index in [1.807, 2.05) is 19.1 Å². The number of nitrogens with zero attached hydrogens (tertiary/aromatic N) is 4. The first-order valence-electron chi connectivity index (χ1n) is 15.0. The third-order valence-corrected chi connectivity index (χ3v) is 12.4. The van der Waals surface area contributed by atoms with Crippen LogP contribution in [0.3, 0.4) is 0 Å². The van der Waals surface area contributed by atoms with Gasteiger partial charge in [-0.3, -0.25) is 4.90 Å². The van der Waals surface area contributed by atoms with Crippen LogP contribution in [0.25, 0.3) is 10.6 Å². The molecule has 44 heavy (non-hydrogen) atoms. The van der Waals surface area contributed by atoms with Crippen molar-refractivity contribution < 1.29 is 31.4 Å². The maximum atomic E-state index is 14.2. The fourth-order valence-electron chi connectivity index (χ4n) is 6.79. The number of anilines is 3. The highest BCUT2D eigenvalue weighted by molar-refractivity contribution is 7.91. The molecule has 1 aliphatic carbocycles. The van der Waals surface area contributed by atoms with Gasteiger partial charge in [-0.25, -0.2) is 18.4 Å². The van der Waals surface area contributed by atoms with E-state index in [1.54, 1.807) is 0 Å². The van der Waals surface area contributed by atoms with Crippen molar-refractivity contribution >= 4 is 38.5 Å². The number of aliphatic hydroxyl groups is 1. The fraction of sp³-hybridized carbons (Fsp3) is 0.533.